The fourth-order valence-corrected chi connectivity index (χ4v) is 5.56. The molecule has 0 radical (unpaired) electrons. The number of halogens is 2. The molecule has 4 rings (SSSR count). The number of carbonyl (C=O) groups is 2. The molecule has 0 fully saturated rings. The number of esters is 1. The van der Waals surface area contributed by atoms with Gasteiger partial charge in [0.2, 0.25) is 0 Å². The quantitative estimate of drug-likeness (QED) is 0.0792. The summed E-state index contributed by atoms with van der Waals surface area (Å²) >= 11 is 9.98. The molecule has 1 heterocycles. The molecule has 0 spiro atoms. The minimum atomic E-state index is -1.16. The average molecular weight is 702 g/mol. The largest absolute Gasteiger partial charge is 0.490 e. The zero-order chi connectivity index (χ0) is 32.5. The van der Waals surface area contributed by atoms with Gasteiger partial charge in [0, 0.05) is 5.70 Å². The van der Waals surface area contributed by atoms with Gasteiger partial charge in [-0.3, -0.25) is 5.43 Å². The van der Waals surface area contributed by atoms with Crippen molar-refractivity contribution in [2.45, 2.75) is 39.6 Å². The Morgan fingerprint density at radius 2 is 1.93 bits per heavy atom. The highest BCUT2D eigenvalue weighted by Crippen LogP contribution is 2.36. The fraction of sp³-hybridized carbons (Fsp3) is 0.281. The number of amides is 2. The molecule has 0 bridgehead atoms. The van der Waals surface area contributed by atoms with Crippen LogP contribution in [0.15, 0.2) is 75.4 Å². The second-order valence-corrected chi connectivity index (χ2v) is 11.3. The molecule has 13 heteroatoms. The number of allylic oxidation sites excluding steroid dienone is 1. The van der Waals surface area contributed by atoms with Crippen molar-refractivity contribution < 1.29 is 33.6 Å². The van der Waals surface area contributed by atoms with Gasteiger partial charge in [0.25, 0.3) is 0 Å². The summed E-state index contributed by atoms with van der Waals surface area (Å²) < 4.78 is 23.1. The molecule has 0 unspecified atom stereocenters. The molecule has 0 aromatic heterocycles. The van der Waals surface area contributed by atoms with Crippen molar-refractivity contribution in [3.8, 4) is 17.2 Å². The van der Waals surface area contributed by atoms with Crippen molar-refractivity contribution in [1.82, 2.24) is 16.1 Å². The Balaban J connectivity index is 1.37. The second-order valence-electron chi connectivity index (χ2n) is 10.0. The molecule has 45 heavy (non-hydrogen) atoms. The van der Waals surface area contributed by atoms with E-state index >= 15 is 0 Å². The van der Waals surface area contributed by atoms with Crippen molar-refractivity contribution in [2.24, 2.45) is 5.10 Å². The monoisotopic (exact) mass is 700 g/mol. The van der Waals surface area contributed by atoms with Crippen LogP contribution in [-0.4, -0.2) is 49.9 Å². The summed E-state index contributed by atoms with van der Waals surface area (Å²) in [5, 5.41) is 20.3. The standard InChI is InChI=1S/C32H34BrClN4O7/c1-5-43-26-14-22(29-28(31(40)42-4)19(3)36-32(41)37-29)9-10-25(26)44-17-27(39)38-35-15-21-12-23(33)30(24(34)13-21)45-16-20-8-6-7-18(2)11-20/h6-15,27,29,38-39H,5,16-17H2,1-4H3,(H2,36,37,41)/b35-15-/t27-,29-/m0/s1. The maximum Gasteiger partial charge on any atom is 0.337 e. The van der Waals surface area contributed by atoms with Crippen LogP contribution in [0.5, 0.6) is 17.2 Å². The van der Waals surface area contributed by atoms with Crippen molar-refractivity contribution in [3.63, 3.8) is 0 Å². The molecule has 238 valence electrons. The van der Waals surface area contributed by atoms with Crippen molar-refractivity contribution in [3.05, 3.63) is 97.6 Å². The first-order valence-electron chi connectivity index (χ1n) is 14.0. The topological polar surface area (TPSA) is 140 Å². The Kier molecular flexibility index (Phi) is 11.7. The van der Waals surface area contributed by atoms with E-state index in [9.17, 15) is 14.7 Å². The summed E-state index contributed by atoms with van der Waals surface area (Å²) in [6, 6.07) is 15.3. The summed E-state index contributed by atoms with van der Waals surface area (Å²) in [5.74, 6) is 0.658. The summed E-state index contributed by atoms with van der Waals surface area (Å²) in [7, 11) is 1.27. The van der Waals surface area contributed by atoms with E-state index in [0.29, 0.717) is 56.8 Å². The number of carbonyl (C=O) groups excluding carboxylic acids is 2. The predicted octanol–water partition coefficient (Wildman–Crippen LogP) is 5.51. The van der Waals surface area contributed by atoms with E-state index in [-0.39, 0.29) is 12.2 Å². The minimum Gasteiger partial charge on any atom is -0.490 e. The number of rotatable bonds is 13. The summed E-state index contributed by atoms with van der Waals surface area (Å²) in [4.78, 5) is 24.6. The molecule has 11 nitrogen and oxygen atoms in total. The number of hydrogen-bond donors (Lipinski definition) is 4. The fourth-order valence-electron chi connectivity index (χ4n) is 4.57. The molecule has 2 atom stereocenters. The number of aliphatic hydroxyl groups excluding tert-OH is 1. The van der Waals surface area contributed by atoms with E-state index in [1.54, 1.807) is 37.3 Å². The Morgan fingerprint density at radius 1 is 1.13 bits per heavy atom. The van der Waals surface area contributed by atoms with Crippen molar-refractivity contribution in [2.75, 3.05) is 20.3 Å². The zero-order valence-electron chi connectivity index (χ0n) is 25.1. The lowest BCUT2D eigenvalue weighted by Crippen LogP contribution is -2.45. The number of benzene rings is 3. The Labute approximate surface area is 274 Å². The number of urea groups is 1. The molecule has 2 amide bonds. The number of hydrazone groups is 1. The number of methoxy groups -OCH3 is 1. The predicted molar refractivity (Wildman–Crippen MR) is 174 cm³/mol. The lowest BCUT2D eigenvalue weighted by Gasteiger charge is -2.28. The molecule has 1 aliphatic heterocycles. The summed E-state index contributed by atoms with van der Waals surface area (Å²) in [5.41, 5.74) is 6.70. The minimum absolute atomic E-state index is 0.163. The number of aliphatic hydroxyl groups is 1. The molecule has 0 saturated carbocycles. The third-order valence-electron chi connectivity index (χ3n) is 6.60. The molecular weight excluding hydrogens is 668 g/mol. The molecule has 1 aliphatic rings. The smallest absolute Gasteiger partial charge is 0.337 e. The number of nitrogens with one attached hydrogen (secondary N) is 3. The van der Waals surface area contributed by atoms with Gasteiger partial charge in [0.1, 0.15) is 13.2 Å². The van der Waals surface area contributed by atoms with Gasteiger partial charge in [-0.25, -0.2) is 9.59 Å². The van der Waals surface area contributed by atoms with Crippen LogP contribution >= 0.6 is 27.5 Å². The molecule has 4 N–H and O–H groups in total. The van der Waals surface area contributed by atoms with E-state index in [0.717, 1.165) is 11.1 Å². The van der Waals surface area contributed by atoms with Crippen LogP contribution in [0.1, 0.15) is 42.1 Å². The lowest BCUT2D eigenvalue weighted by molar-refractivity contribution is -0.136. The first-order chi connectivity index (χ1) is 21.6. The molecule has 0 aliphatic carbocycles. The first kappa shape index (κ1) is 33.6. The van der Waals surface area contributed by atoms with Gasteiger partial charge < -0.3 is 34.7 Å². The highest BCUT2D eigenvalue weighted by molar-refractivity contribution is 9.10. The van der Waals surface area contributed by atoms with Crippen molar-refractivity contribution >= 4 is 45.7 Å². The molecular formula is C32H34BrClN4O7. The van der Waals surface area contributed by atoms with Gasteiger partial charge in [-0.2, -0.15) is 5.10 Å². The van der Waals surface area contributed by atoms with Gasteiger partial charge in [-0.1, -0.05) is 47.5 Å². The van der Waals surface area contributed by atoms with E-state index in [2.05, 4.69) is 37.1 Å². The highest BCUT2D eigenvalue weighted by Gasteiger charge is 2.32. The van der Waals surface area contributed by atoms with Gasteiger partial charge >= 0.3 is 12.0 Å². The lowest BCUT2D eigenvalue weighted by atomic mass is 9.95. The van der Waals surface area contributed by atoms with E-state index in [1.807, 2.05) is 38.1 Å². The maximum absolute atomic E-state index is 12.4. The Morgan fingerprint density at radius 3 is 2.64 bits per heavy atom. The SMILES string of the molecule is CCOc1cc([C@@H]2NC(=O)NC(C)=C2C(=O)OC)ccc1OC[C@H](O)N/N=C\c1cc(Cl)c(OCc2cccc(C)c2)c(Br)c1. The molecule has 0 saturated heterocycles. The van der Waals surface area contributed by atoms with E-state index in [1.165, 1.54) is 13.3 Å². The number of ether oxygens (including phenoxy) is 4. The van der Waals surface area contributed by atoms with Crippen LogP contribution in [0, 0.1) is 6.92 Å². The maximum atomic E-state index is 12.4. The van der Waals surface area contributed by atoms with Gasteiger partial charge in [0.05, 0.1) is 41.0 Å². The Hall–Kier alpha value is -4.26. The van der Waals surface area contributed by atoms with E-state index in [4.69, 9.17) is 30.5 Å². The third-order valence-corrected chi connectivity index (χ3v) is 7.47. The van der Waals surface area contributed by atoms with E-state index < -0.39 is 24.3 Å². The first-order valence-corrected chi connectivity index (χ1v) is 15.2. The van der Waals surface area contributed by atoms with Gasteiger partial charge in [-0.15, -0.1) is 0 Å². The van der Waals surface area contributed by atoms with Crippen LogP contribution in [0.3, 0.4) is 0 Å². The zero-order valence-corrected chi connectivity index (χ0v) is 27.5. The second kappa shape index (κ2) is 15.6. The van der Waals surface area contributed by atoms with Crippen LogP contribution in [0.25, 0.3) is 0 Å². The van der Waals surface area contributed by atoms with Crippen molar-refractivity contribution in [1.29, 1.82) is 0 Å². The normalized spacial score (nSPS) is 15.3. The number of nitrogens with zero attached hydrogens (tertiary/aromatic N) is 1. The summed E-state index contributed by atoms with van der Waals surface area (Å²) in [6.07, 6.45) is 0.346. The number of hydrogen-bond acceptors (Lipinski definition) is 9. The third kappa shape index (κ3) is 8.90. The average Bonchev–Trinajstić information content (AvgIpc) is 2.99. The van der Waals surface area contributed by atoms with Crippen LogP contribution in [-0.2, 0) is 16.1 Å². The summed E-state index contributed by atoms with van der Waals surface area (Å²) in [6.45, 7) is 5.99. The highest BCUT2D eigenvalue weighted by atomic mass is 79.9. The van der Waals surface area contributed by atoms with Gasteiger partial charge in [-0.05, 0) is 77.7 Å². The van der Waals surface area contributed by atoms with Crippen LogP contribution in [0.2, 0.25) is 5.02 Å². The molecule has 3 aromatic carbocycles. The van der Waals surface area contributed by atoms with Crippen LogP contribution in [0.4, 0.5) is 4.79 Å². The van der Waals surface area contributed by atoms with Gasteiger partial charge in [0.15, 0.2) is 23.5 Å². The number of aryl methyl sites for hydroxylation is 1. The molecule has 3 aromatic rings. The van der Waals surface area contributed by atoms with Crippen LogP contribution < -0.4 is 30.3 Å². The Bertz CT molecular complexity index is 1590.